The minimum atomic E-state index is -4.96. The van der Waals surface area contributed by atoms with Crippen LogP contribution in [0.25, 0.3) is 0 Å². The van der Waals surface area contributed by atoms with Crippen LogP contribution >= 0.6 is 15.6 Å². The van der Waals surface area contributed by atoms with Gasteiger partial charge in [0.15, 0.2) is 12.2 Å². The third-order valence-corrected chi connectivity index (χ3v) is 19.3. The Morgan fingerprint density at radius 3 is 0.947 bits per heavy atom. The maximum atomic E-state index is 13.1. The summed E-state index contributed by atoms with van der Waals surface area (Å²) in [7, 11) is -9.92. The summed E-state index contributed by atoms with van der Waals surface area (Å²) in [5, 5.41) is 10.6. The number of allylic oxidation sites excluding steroid dienone is 4. The zero-order valence-electron chi connectivity index (χ0n) is 61.5. The highest BCUT2D eigenvalue weighted by Gasteiger charge is 2.30. The van der Waals surface area contributed by atoms with Gasteiger partial charge in [0.05, 0.1) is 26.4 Å². The molecule has 3 unspecified atom stereocenters. The molecule has 0 spiro atoms. The van der Waals surface area contributed by atoms with Crippen LogP contribution in [0.2, 0.25) is 0 Å². The SMILES string of the molecule is CCCCCC/C=C\C=C/CCCCCCCC(=O)OC[C@H](COP(=O)(O)OC[C@@H](O)COP(=O)(O)OC[C@@H](COC(=O)CCCCCCCCC)OC(=O)CCCCCCCCCCCCCCC(C)C)OC(=O)CCCCCCCCCCCCCCCCC(C)CC. The van der Waals surface area contributed by atoms with Gasteiger partial charge in [-0.2, -0.15) is 0 Å². The number of ether oxygens (including phenoxy) is 4. The molecule has 19 heteroatoms. The Kier molecular flexibility index (Phi) is 65.6. The Labute approximate surface area is 580 Å². The highest BCUT2D eigenvalue weighted by molar-refractivity contribution is 7.47. The zero-order chi connectivity index (χ0) is 70.0. The molecule has 17 nitrogen and oxygen atoms in total. The monoisotopic (exact) mass is 1390 g/mol. The lowest BCUT2D eigenvalue weighted by Crippen LogP contribution is -2.30. The van der Waals surface area contributed by atoms with Crippen LogP contribution in [0.5, 0.6) is 0 Å². The predicted molar refractivity (Wildman–Crippen MR) is 386 cm³/mol. The van der Waals surface area contributed by atoms with Gasteiger partial charge in [-0.1, -0.05) is 316 Å². The van der Waals surface area contributed by atoms with E-state index in [1.54, 1.807) is 0 Å². The van der Waals surface area contributed by atoms with Gasteiger partial charge in [-0.3, -0.25) is 37.3 Å². The summed E-state index contributed by atoms with van der Waals surface area (Å²) in [5.74, 6) is -0.531. The molecule has 0 rings (SSSR count). The van der Waals surface area contributed by atoms with Gasteiger partial charge in [0.2, 0.25) is 0 Å². The molecule has 0 bridgehead atoms. The van der Waals surface area contributed by atoms with Crippen LogP contribution in [0.4, 0.5) is 0 Å². The molecule has 560 valence electrons. The third-order valence-electron chi connectivity index (χ3n) is 17.4. The predicted octanol–water partition coefficient (Wildman–Crippen LogP) is 21.9. The second-order valence-corrected chi connectivity index (χ2v) is 30.3. The van der Waals surface area contributed by atoms with Gasteiger partial charge in [-0.25, -0.2) is 9.13 Å². The van der Waals surface area contributed by atoms with Crippen molar-refractivity contribution in [3.8, 4) is 0 Å². The minimum absolute atomic E-state index is 0.101. The number of hydrogen-bond acceptors (Lipinski definition) is 15. The first-order valence-corrected chi connectivity index (χ1v) is 41.8. The van der Waals surface area contributed by atoms with Crippen LogP contribution in [0.3, 0.4) is 0 Å². The van der Waals surface area contributed by atoms with E-state index in [2.05, 4.69) is 65.8 Å². The second kappa shape index (κ2) is 67.4. The van der Waals surface area contributed by atoms with Crippen LogP contribution in [0, 0.1) is 11.8 Å². The third kappa shape index (κ3) is 68.5. The smallest absolute Gasteiger partial charge is 0.462 e. The summed E-state index contributed by atoms with van der Waals surface area (Å²) in [5.41, 5.74) is 0. The summed E-state index contributed by atoms with van der Waals surface area (Å²) in [6.45, 7) is 9.55. The molecule has 0 aromatic carbocycles. The van der Waals surface area contributed by atoms with E-state index in [1.807, 2.05) is 0 Å². The first-order valence-electron chi connectivity index (χ1n) is 38.8. The van der Waals surface area contributed by atoms with E-state index in [1.165, 1.54) is 154 Å². The van der Waals surface area contributed by atoms with Crippen molar-refractivity contribution in [2.75, 3.05) is 39.6 Å². The van der Waals surface area contributed by atoms with E-state index < -0.39 is 97.5 Å². The second-order valence-electron chi connectivity index (χ2n) is 27.4. The lowest BCUT2D eigenvalue weighted by atomic mass is 9.99. The molecule has 95 heavy (non-hydrogen) atoms. The summed E-state index contributed by atoms with van der Waals surface area (Å²) >= 11 is 0. The highest BCUT2D eigenvalue weighted by Crippen LogP contribution is 2.45. The molecule has 0 amide bonds. The molecule has 0 radical (unpaired) electrons. The van der Waals surface area contributed by atoms with Crippen LogP contribution in [0.15, 0.2) is 24.3 Å². The topological polar surface area (TPSA) is 237 Å². The molecule has 0 saturated carbocycles. The van der Waals surface area contributed by atoms with Crippen molar-refractivity contribution in [2.45, 2.75) is 387 Å². The number of phosphoric ester groups is 2. The summed E-state index contributed by atoms with van der Waals surface area (Å²) in [6, 6.07) is 0. The number of carbonyl (C=O) groups excluding carboxylic acids is 4. The van der Waals surface area contributed by atoms with Crippen molar-refractivity contribution in [1.82, 2.24) is 0 Å². The fourth-order valence-electron chi connectivity index (χ4n) is 11.1. The highest BCUT2D eigenvalue weighted by atomic mass is 31.2. The minimum Gasteiger partial charge on any atom is -0.462 e. The van der Waals surface area contributed by atoms with Crippen molar-refractivity contribution < 1.29 is 80.2 Å². The zero-order valence-corrected chi connectivity index (χ0v) is 63.2. The molecule has 0 heterocycles. The van der Waals surface area contributed by atoms with Crippen molar-refractivity contribution in [3.05, 3.63) is 24.3 Å². The molecule has 3 N–H and O–H groups in total. The largest absolute Gasteiger partial charge is 0.472 e. The summed E-state index contributed by atoms with van der Waals surface area (Å²) < 4.78 is 68.4. The Balaban J connectivity index is 5.23. The molecular formula is C76H144O17P2. The van der Waals surface area contributed by atoms with E-state index in [9.17, 15) is 43.2 Å². The molecule has 0 aliphatic heterocycles. The fourth-order valence-corrected chi connectivity index (χ4v) is 12.7. The Morgan fingerprint density at radius 1 is 0.347 bits per heavy atom. The number of phosphoric acid groups is 2. The van der Waals surface area contributed by atoms with Gasteiger partial charge in [0, 0.05) is 25.7 Å². The van der Waals surface area contributed by atoms with Crippen LogP contribution < -0.4 is 0 Å². The maximum Gasteiger partial charge on any atom is 0.472 e. The first kappa shape index (κ1) is 92.5. The van der Waals surface area contributed by atoms with Crippen LogP contribution in [-0.4, -0.2) is 96.7 Å². The number of aliphatic hydroxyl groups is 1. The van der Waals surface area contributed by atoms with E-state index >= 15 is 0 Å². The lowest BCUT2D eigenvalue weighted by molar-refractivity contribution is -0.161. The molecule has 0 aromatic rings. The average molecular weight is 1390 g/mol. The number of aliphatic hydroxyl groups excluding tert-OH is 1. The summed E-state index contributed by atoms with van der Waals surface area (Å²) in [6.07, 6.45) is 57.7. The van der Waals surface area contributed by atoms with E-state index in [0.29, 0.717) is 25.7 Å². The van der Waals surface area contributed by atoms with Gasteiger partial charge >= 0.3 is 39.5 Å². The van der Waals surface area contributed by atoms with Gasteiger partial charge < -0.3 is 33.8 Å². The number of rotatable bonds is 73. The van der Waals surface area contributed by atoms with Crippen molar-refractivity contribution >= 4 is 39.5 Å². The Bertz CT molecular complexity index is 1930. The average Bonchev–Trinajstić information content (AvgIpc) is 2.50. The van der Waals surface area contributed by atoms with Crippen molar-refractivity contribution in [2.24, 2.45) is 11.8 Å². The molecule has 0 aliphatic rings. The number of esters is 4. The molecule has 6 atom stereocenters. The van der Waals surface area contributed by atoms with Crippen LogP contribution in [-0.2, 0) is 65.4 Å². The lowest BCUT2D eigenvalue weighted by Gasteiger charge is -2.21. The fraction of sp³-hybridized carbons (Fsp3) is 0.895. The van der Waals surface area contributed by atoms with E-state index in [4.69, 9.17) is 37.0 Å². The van der Waals surface area contributed by atoms with Gasteiger partial charge in [0.1, 0.15) is 19.3 Å². The molecule has 0 fully saturated rings. The van der Waals surface area contributed by atoms with E-state index in [-0.39, 0.29) is 25.7 Å². The summed E-state index contributed by atoms with van der Waals surface area (Å²) in [4.78, 5) is 72.7. The van der Waals surface area contributed by atoms with Gasteiger partial charge in [0.25, 0.3) is 0 Å². The van der Waals surface area contributed by atoms with Crippen molar-refractivity contribution in [1.29, 1.82) is 0 Å². The maximum absolute atomic E-state index is 13.1. The Morgan fingerprint density at radius 2 is 0.621 bits per heavy atom. The number of hydrogen-bond donors (Lipinski definition) is 3. The molecule has 0 aliphatic carbocycles. The molecule has 0 saturated heterocycles. The standard InChI is InChI=1S/C76H144O17P2/c1-7-10-12-14-16-17-18-19-20-24-30-35-41-47-53-59-74(79)87-65-72(93-76(81)60-54-48-42-36-31-25-22-21-23-29-34-40-45-51-57-69(6)9-3)67-91-95(84,85)89-63-70(77)62-88-94(82,83)90-66-71(64-86-73(78)58-52-46-38-15-13-11-8-2)92-75(80)61-55-49-43-37-32-27-26-28-33-39-44-50-56-68(4)5/h17-20,68-72,77H,7-16,21-67H2,1-6H3,(H,82,83)(H,84,85)/b18-17-,20-19-/t69?,70-,71+,72+/m0/s1. The number of carbonyl (C=O) groups is 4. The van der Waals surface area contributed by atoms with E-state index in [0.717, 1.165) is 134 Å². The Hall–Kier alpha value is -2.46. The molecular weight excluding hydrogens is 1250 g/mol. The first-order chi connectivity index (χ1) is 45.9. The normalized spacial score (nSPS) is 14.5. The quantitative estimate of drug-likeness (QED) is 0.0169. The van der Waals surface area contributed by atoms with Gasteiger partial charge in [-0.05, 0) is 63.2 Å². The molecule has 0 aromatic heterocycles. The van der Waals surface area contributed by atoms with Crippen molar-refractivity contribution in [3.63, 3.8) is 0 Å². The van der Waals surface area contributed by atoms with Gasteiger partial charge in [-0.15, -0.1) is 0 Å². The van der Waals surface area contributed by atoms with Crippen LogP contribution in [0.1, 0.15) is 369 Å². The number of unbranched alkanes of at least 4 members (excludes halogenated alkanes) is 39.